The van der Waals surface area contributed by atoms with Crippen molar-refractivity contribution in [1.29, 1.82) is 0 Å². The van der Waals surface area contributed by atoms with Crippen LogP contribution in [0.5, 0.6) is 0 Å². The molecule has 0 aliphatic heterocycles. The fourth-order valence-corrected chi connectivity index (χ4v) is 1.54. The Balaban J connectivity index is 2.58. The van der Waals surface area contributed by atoms with Crippen molar-refractivity contribution in [3.63, 3.8) is 0 Å². The fourth-order valence-electron chi connectivity index (χ4n) is 1.54. The molecule has 0 aliphatic rings. The van der Waals surface area contributed by atoms with Crippen molar-refractivity contribution in [2.75, 3.05) is 25.0 Å². The van der Waals surface area contributed by atoms with Gasteiger partial charge in [-0.2, -0.15) is 0 Å². The molecule has 0 aliphatic carbocycles. The Morgan fingerprint density at radius 2 is 2.12 bits per heavy atom. The molecule has 1 aromatic heterocycles. The molecule has 1 N–H and O–H groups in total. The van der Waals surface area contributed by atoms with E-state index in [2.05, 4.69) is 54.3 Å². The molecule has 3 nitrogen and oxygen atoms in total. The van der Waals surface area contributed by atoms with Gasteiger partial charge in [0.25, 0.3) is 0 Å². The molecular weight excluding hydrogens is 198 g/mol. The van der Waals surface area contributed by atoms with Crippen LogP contribution < -0.4 is 10.2 Å². The SMILES string of the molecule is CCCCN(C)c1cccc(CNCC)n1. The molecule has 0 saturated heterocycles. The van der Waals surface area contributed by atoms with Crippen molar-refractivity contribution < 1.29 is 0 Å². The monoisotopic (exact) mass is 221 g/mol. The van der Waals surface area contributed by atoms with Crippen molar-refractivity contribution in [1.82, 2.24) is 10.3 Å². The van der Waals surface area contributed by atoms with Crippen LogP contribution in [-0.4, -0.2) is 25.1 Å². The van der Waals surface area contributed by atoms with Crippen LogP contribution in [-0.2, 0) is 6.54 Å². The third-order valence-corrected chi connectivity index (χ3v) is 2.59. The predicted octanol–water partition coefficient (Wildman–Crippen LogP) is 2.43. The molecule has 0 amide bonds. The summed E-state index contributed by atoms with van der Waals surface area (Å²) in [6.45, 7) is 7.23. The number of nitrogens with one attached hydrogen (secondary N) is 1. The van der Waals surface area contributed by atoms with Crippen LogP contribution in [0.15, 0.2) is 18.2 Å². The minimum atomic E-state index is 0.853. The maximum Gasteiger partial charge on any atom is 0.128 e. The van der Waals surface area contributed by atoms with Gasteiger partial charge >= 0.3 is 0 Å². The van der Waals surface area contributed by atoms with Crippen LogP contribution in [0.2, 0.25) is 0 Å². The van der Waals surface area contributed by atoms with Crippen LogP contribution >= 0.6 is 0 Å². The van der Waals surface area contributed by atoms with Gasteiger partial charge in [-0.3, -0.25) is 0 Å². The van der Waals surface area contributed by atoms with E-state index in [4.69, 9.17) is 0 Å². The minimum absolute atomic E-state index is 0.853. The van der Waals surface area contributed by atoms with E-state index in [1.807, 2.05) is 0 Å². The number of nitrogens with zero attached hydrogens (tertiary/aromatic N) is 2. The summed E-state index contributed by atoms with van der Waals surface area (Å²) in [4.78, 5) is 6.85. The molecular formula is C13H23N3. The fraction of sp³-hybridized carbons (Fsp3) is 0.615. The van der Waals surface area contributed by atoms with Crippen molar-refractivity contribution in [2.24, 2.45) is 0 Å². The number of unbranched alkanes of at least 4 members (excludes halogenated alkanes) is 1. The summed E-state index contributed by atoms with van der Waals surface area (Å²) in [6, 6.07) is 6.22. The first-order valence-electron chi connectivity index (χ1n) is 6.15. The second-order valence-corrected chi connectivity index (χ2v) is 4.04. The summed E-state index contributed by atoms with van der Waals surface area (Å²) in [7, 11) is 2.11. The Labute approximate surface area is 98.9 Å². The quantitative estimate of drug-likeness (QED) is 0.766. The zero-order valence-corrected chi connectivity index (χ0v) is 10.7. The lowest BCUT2D eigenvalue weighted by Crippen LogP contribution is -2.20. The number of pyridine rings is 1. The lowest BCUT2D eigenvalue weighted by atomic mass is 10.3. The molecule has 1 aromatic rings. The molecule has 0 aromatic carbocycles. The first-order chi connectivity index (χ1) is 7.77. The number of rotatable bonds is 7. The molecule has 0 atom stereocenters. The van der Waals surface area contributed by atoms with E-state index in [0.29, 0.717) is 0 Å². The minimum Gasteiger partial charge on any atom is -0.360 e. The standard InChI is InChI=1S/C13H23N3/c1-4-6-10-16(3)13-9-7-8-12(15-13)11-14-5-2/h7-9,14H,4-6,10-11H2,1-3H3. The molecule has 0 bridgehead atoms. The van der Waals surface area contributed by atoms with Crippen molar-refractivity contribution in [3.8, 4) is 0 Å². The van der Waals surface area contributed by atoms with Crippen molar-refractivity contribution in [3.05, 3.63) is 23.9 Å². The highest BCUT2D eigenvalue weighted by molar-refractivity contribution is 5.38. The molecule has 1 heterocycles. The van der Waals surface area contributed by atoms with Gasteiger partial charge in [-0.25, -0.2) is 4.98 Å². The van der Waals surface area contributed by atoms with E-state index in [-0.39, 0.29) is 0 Å². The van der Waals surface area contributed by atoms with Gasteiger partial charge in [-0.15, -0.1) is 0 Å². The van der Waals surface area contributed by atoms with Gasteiger partial charge in [0.1, 0.15) is 5.82 Å². The second-order valence-electron chi connectivity index (χ2n) is 4.04. The van der Waals surface area contributed by atoms with E-state index in [0.717, 1.165) is 31.1 Å². The summed E-state index contributed by atoms with van der Waals surface area (Å²) >= 11 is 0. The van der Waals surface area contributed by atoms with Gasteiger partial charge in [-0.1, -0.05) is 26.3 Å². The van der Waals surface area contributed by atoms with Crippen molar-refractivity contribution >= 4 is 5.82 Å². The normalized spacial score (nSPS) is 10.4. The molecule has 0 spiro atoms. The van der Waals surface area contributed by atoms with Gasteiger partial charge in [-0.05, 0) is 25.1 Å². The van der Waals surface area contributed by atoms with Gasteiger partial charge in [0.15, 0.2) is 0 Å². The van der Waals surface area contributed by atoms with Gasteiger partial charge in [0, 0.05) is 20.1 Å². The number of hydrogen-bond donors (Lipinski definition) is 1. The average Bonchev–Trinajstić information content (AvgIpc) is 2.33. The lowest BCUT2D eigenvalue weighted by molar-refractivity contribution is 0.705. The molecule has 90 valence electrons. The zero-order valence-electron chi connectivity index (χ0n) is 10.7. The number of anilines is 1. The zero-order chi connectivity index (χ0) is 11.8. The van der Waals surface area contributed by atoms with Crippen LogP contribution in [0.4, 0.5) is 5.82 Å². The topological polar surface area (TPSA) is 28.2 Å². The number of aromatic nitrogens is 1. The summed E-state index contributed by atoms with van der Waals surface area (Å²) in [6.07, 6.45) is 2.44. The van der Waals surface area contributed by atoms with Crippen LogP contribution in [0.3, 0.4) is 0 Å². The summed E-state index contributed by atoms with van der Waals surface area (Å²) in [5, 5.41) is 3.29. The van der Waals surface area contributed by atoms with E-state index < -0.39 is 0 Å². The van der Waals surface area contributed by atoms with Crippen LogP contribution in [0.25, 0.3) is 0 Å². The first kappa shape index (κ1) is 13.0. The van der Waals surface area contributed by atoms with E-state index in [1.165, 1.54) is 12.8 Å². The molecule has 3 heteroatoms. The smallest absolute Gasteiger partial charge is 0.128 e. The molecule has 0 radical (unpaired) electrons. The Morgan fingerprint density at radius 3 is 2.81 bits per heavy atom. The van der Waals surface area contributed by atoms with E-state index in [9.17, 15) is 0 Å². The summed E-state index contributed by atoms with van der Waals surface area (Å²) < 4.78 is 0. The van der Waals surface area contributed by atoms with Crippen LogP contribution in [0, 0.1) is 0 Å². The Kier molecular flexibility index (Phi) is 5.86. The maximum absolute atomic E-state index is 4.63. The van der Waals surface area contributed by atoms with E-state index >= 15 is 0 Å². The molecule has 1 rings (SSSR count). The van der Waals surface area contributed by atoms with Gasteiger partial charge in [0.2, 0.25) is 0 Å². The second kappa shape index (κ2) is 7.23. The number of hydrogen-bond acceptors (Lipinski definition) is 3. The highest BCUT2D eigenvalue weighted by Crippen LogP contribution is 2.10. The first-order valence-corrected chi connectivity index (χ1v) is 6.15. The molecule has 0 fully saturated rings. The summed E-state index contributed by atoms with van der Waals surface area (Å²) in [5.41, 5.74) is 1.11. The predicted molar refractivity (Wildman–Crippen MR) is 69.8 cm³/mol. The van der Waals surface area contributed by atoms with E-state index in [1.54, 1.807) is 0 Å². The van der Waals surface area contributed by atoms with Gasteiger partial charge < -0.3 is 10.2 Å². The highest BCUT2D eigenvalue weighted by Gasteiger charge is 2.02. The molecule has 0 saturated carbocycles. The van der Waals surface area contributed by atoms with Crippen LogP contribution in [0.1, 0.15) is 32.4 Å². The van der Waals surface area contributed by atoms with Gasteiger partial charge in [0.05, 0.1) is 5.69 Å². The maximum atomic E-state index is 4.63. The average molecular weight is 221 g/mol. The third-order valence-electron chi connectivity index (χ3n) is 2.59. The van der Waals surface area contributed by atoms with Crippen molar-refractivity contribution in [2.45, 2.75) is 33.2 Å². The highest BCUT2D eigenvalue weighted by atomic mass is 15.2. The molecule has 16 heavy (non-hydrogen) atoms. The largest absolute Gasteiger partial charge is 0.360 e. The Hall–Kier alpha value is -1.09. The summed E-state index contributed by atoms with van der Waals surface area (Å²) in [5.74, 6) is 1.07. The Bertz CT molecular complexity index is 299. The lowest BCUT2D eigenvalue weighted by Gasteiger charge is -2.18. The molecule has 0 unspecified atom stereocenters. The Morgan fingerprint density at radius 1 is 1.31 bits per heavy atom. The third kappa shape index (κ3) is 4.19.